The van der Waals surface area contributed by atoms with E-state index in [0.717, 1.165) is 4.90 Å². The number of alkyl halides is 2. The highest BCUT2D eigenvalue weighted by Gasteiger charge is 2.27. The Morgan fingerprint density at radius 1 is 1.44 bits per heavy atom. The molecular weight excluding hydrogens is 218 g/mol. The van der Waals surface area contributed by atoms with Gasteiger partial charge in [0.25, 0.3) is 6.43 Å². The first kappa shape index (κ1) is 15.2. The van der Waals surface area contributed by atoms with Gasteiger partial charge in [-0.3, -0.25) is 4.79 Å². The third-order valence-electron chi connectivity index (χ3n) is 2.42. The molecule has 4 nitrogen and oxygen atoms in total. The third kappa shape index (κ3) is 4.85. The van der Waals surface area contributed by atoms with Gasteiger partial charge in [0.2, 0.25) is 5.91 Å². The van der Waals surface area contributed by atoms with Crippen LogP contribution in [-0.4, -0.2) is 48.6 Å². The van der Waals surface area contributed by atoms with Crippen molar-refractivity contribution in [1.82, 2.24) is 4.90 Å². The zero-order chi connectivity index (χ0) is 12.7. The van der Waals surface area contributed by atoms with Crippen LogP contribution in [0.25, 0.3) is 0 Å². The lowest BCUT2D eigenvalue weighted by atomic mass is 9.94. The molecule has 1 atom stereocenters. The first-order valence-electron chi connectivity index (χ1n) is 5.31. The number of amides is 1. The number of hydrogen-bond donors (Lipinski definition) is 2. The number of hydrogen-bond acceptors (Lipinski definition) is 3. The topological polar surface area (TPSA) is 66.6 Å². The second-order valence-electron chi connectivity index (χ2n) is 3.99. The van der Waals surface area contributed by atoms with E-state index in [-0.39, 0.29) is 25.6 Å². The zero-order valence-corrected chi connectivity index (χ0v) is 9.70. The predicted molar refractivity (Wildman–Crippen MR) is 57.1 cm³/mol. The van der Waals surface area contributed by atoms with Crippen LogP contribution in [0.1, 0.15) is 13.8 Å². The Morgan fingerprint density at radius 3 is 2.31 bits per heavy atom. The average molecular weight is 238 g/mol. The number of nitrogens with two attached hydrogens (primary N) is 1. The van der Waals surface area contributed by atoms with Crippen LogP contribution in [0.2, 0.25) is 0 Å². The summed E-state index contributed by atoms with van der Waals surface area (Å²) in [5.74, 6) is -0.881. The molecule has 0 rings (SSSR count). The van der Waals surface area contributed by atoms with E-state index in [1.54, 1.807) is 0 Å². The van der Waals surface area contributed by atoms with Crippen LogP contribution in [0.5, 0.6) is 0 Å². The molecule has 0 saturated carbocycles. The Kier molecular flexibility index (Phi) is 7.16. The van der Waals surface area contributed by atoms with Crippen LogP contribution in [-0.2, 0) is 4.79 Å². The largest absolute Gasteiger partial charge is 0.395 e. The fraction of sp³-hybridized carbons (Fsp3) is 0.900. The molecule has 0 fully saturated rings. The van der Waals surface area contributed by atoms with E-state index in [2.05, 4.69) is 0 Å². The molecule has 0 spiro atoms. The van der Waals surface area contributed by atoms with Crippen molar-refractivity contribution in [2.75, 3.05) is 26.2 Å². The van der Waals surface area contributed by atoms with Gasteiger partial charge in [0.1, 0.15) is 0 Å². The number of halogens is 2. The summed E-state index contributed by atoms with van der Waals surface area (Å²) >= 11 is 0. The molecule has 3 N–H and O–H groups in total. The molecule has 0 bridgehead atoms. The van der Waals surface area contributed by atoms with Gasteiger partial charge in [0, 0.05) is 13.1 Å². The number of aliphatic hydroxyl groups is 1. The molecule has 96 valence electrons. The summed E-state index contributed by atoms with van der Waals surface area (Å²) in [6.07, 6.45) is -2.60. The Morgan fingerprint density at radius 2 is 2.00 bits per heavy atom. The fourth-order valence-electron chi connectivity index (χ4n) is 1.47. The molecule has 0 radical (unpaired) electrons. The second-order valence-corrected chi connectivity index (χ2v) is 3.99. The van der Waals surface area contributed by atoms with E-state index >= 15 is 0 Å². The Hall–Kier alpha value is -0.750. The molecular formula is C10H20F2N2O2. The van der Waals surface area contributed by atoms with E-state index in [4.69, 9.17) is 10.8 Å². The molecule has 6 heteroatoms. The summed E-state index contributed by atoms with van der Waals surface area (Å²) in [5.41, 5.74) is 5.44. The summed E-state index contributed by atoms with van der Waals surface area (Å²) in [4.78, 5) is 12.8. The molecule has 0 heterocycles. The van der Waals surface area contributed by atoms with Crippen molar-refractivity contribution in [2.24, 2.45) is 17.6 Å². The standard InChI is InChI=1S/C10H20F2N2O2/c1-7(2)8(5-13)10(16)14(3-4-15)6-9(11)12/h7-9,15H,3-6,13H2,1-2H3. The summed E-state index contributed by atoms with van der Waals surface area (Å²) < 4.78 is 24.5. The van der Waals surface area contributed by atoms with Crippen molar-refractivity contribution in [3.8, 4) is 0 Å². The highest BCUT2D eigenvalue weighted by atomic mass is 19.3. The first-order valence-corrected chi connectivity index (χ1v) is 5.31. The highest BCUT2D eigenvalue weighted by Crippen LogP contribution is 2.14. The average Bonchev–Trinajstić information content (AvgIpc) is 2.16. The van der Waals surface area contributed by atoms with Crippen molar-refractivity contribution >= 4 is 5.91 Å². The maximum absolute atomic E-state index is 12.2. The van der Waals surface area contributed by atoms with Crippen LogP contribution < -0.4 is 5.73 Å². The minimum absolute atomic E-state index is 0.00337. The minimum Gasteiger partial charge on any atom is -0.395 e. The lowest BCUT2D eigenvalue weighted by Gasteiger charge is -2.27. The molecule has 1 amide bonds. The van der Waals surface area contributed by atoms with Crippen LogP contribution >= 0.6 is 0 Å². The number of nitrogens with zero attached hydrogens (tertiary/aromatic N) is 1. The monoisotopic (exact) mass is 238 g/mol. The van der Waals surface area contributed by atoms with Gasteiger partial charge >= 0.3 is 0 Å². The molecule has 0 aromatic heterocycles. The summed E-state index contributed by atoms with van der Waals surface area (Å²) in [6.45, 7) is 2.70. The van der Waals surface area contributed by atoms with Crippen molar-refractivity contribution in [3.63, 3.8) is 0 Å². The van der Waals surface area contributed by atoms with E-state index in [0.29, 0.717) is 0 Å². The fourth-order valence-corrected chi connectivity index (χ4v) is 1.47. The number of carbonyl (C=O) groups excluding carboxylic acids is 1. The van der Waals surface area contributed by atoms with Crippen molar-refractivity contribution in [3.05, 3.63) is 0 Å². The first-order chi connectivity index (χ1) is 7.43. The summed E-state index contributed by atoms with van der Waals surface area (Å²) in [6, 6.07) is 0. The molecule has 0 aliphatic carbocycles. The van der Waals surface area contributed by atoms with Gasteiger partial charge in [0.15, 0.2) is 0 Å². The highest BCUT2D eigenvalue weighted by molar-refractivity contribution is 5.79. The van der Waals surface area contributed by atoms with Gasteiger partial charge < -0.3 is 15.7 Å². The smallest absolute Gasteiger partial charge is 0.255 e. The van der Waals surface area contributed by atoms with Gasteiger partial charge in [-0.05, 0) is 5.92 Å². The Bertz CT molecular complexity index is 213. The van der Waals surface area contributed by atoms with E-state index in [9.17, 15) is 13.6 Å². The quantitative estimate of drug-likeness (QED) is 0.670. The molecule has 0 aliphatic heterocycles. The molecule has 0 aliphatic rings. The summed E-state index contributed by atoms with van der Waals surface area (Å²) in [5, 5.41) is 8.72. The van der Waals surface area contributed by atoms with Gasteiger partial charge in [-0.1, -0.05) is 13.8 Å². The summed E-state index contributed by atoms with van der Waals surface area (Å²) in [7, 11) is 0. The van der Waals surface area contributed by atoms with E-state index in [1.165, 1.54) is 0 Å². The Balaban J connectivity index is 4.57. The van der Waals surface area contributed by atoms with Crippen molar-refractivity contribution in [2.45, 2.75) is 20.3 Å². The van der Waals surface area contributed by atoms with E-state index in [1.807, 2.05) is 13.8 Å². The maximum atomic E-state index is 12.2. The van der Waals surface area contributed by atoms with Crippen molar-refractivity contribution in [1.29, 1.82) is 0 Å². The molecule has 0 saturated heterocycles. The van der Waals surface area contributed by atoms with Gasteiger partial charge in [0.05, 0.1) is 19.1 Å². The van der Waals surface area contributed by atoms with Crippen LogP contribution in [0.4, 0.5) is 8.78 Å². The second kappa shape index (κ2) is 7.51. The lowest BCUT2D eigenvalue weighted by Crippen LogP contribution is -2.44. The van der Waals surface area contributed by atoms with Crippen LogP contribution in [0, 0.1) is 11.8 Å². The number of rotatable bonds is 7. The molecule has 0 aromatic rings. The number of carbonyl (C=O) groups is 1. The molecule has 0 aromatic carbocycles. The number of aliphatic hydroxyl groups excluding tert-OH is 1. The van der Waals surface area contributed by atoms with Gasteiger partial charge in [-0.25, -0.2) is 8.78 Å². The van der Waals surface area contributed by atoms with Gasteiger partial charge in [-0.2, -0.15) is 0 Å². The predicted octanol–water partition coefficient (Wildman–Crippen LogP) is 0.303. The molecule has 16 heavy (non-hydrogen) atoms. The van der Waals surface area contributed by atoms with Crippen LogP contribution in [0.3, 0.4) is 0 Å². The SMILES string of the molecule is CC(C)C(CN)C(=O)N(CCO)CC(F)F. The maximum Gasteiger partial charge on any atom is 0.255 e. The molecule has 1 unspecified atom stereocenters. The lowest BCUT2D eigenvalue weighted by molar-refractivity contribution is -0.139. The zero-order valence-electron chi connectivity index (χ0n) is 9.70. The Labute approximate surface area is 94.4 Å². The van der Waals surface area contributed by atoms with Gasteiger partial charge in [-0.15, -0.1) is 0 Å². The normalized spacial score (nSPS) is 13.2. The van der Waals surface area contributed by atoms with Crippen LogP contribution in [0.15, 0.2) is 0 Å². The van der Waals surface area contributed by atoms with E-state index < -0.39 is 24.8 Å². The minimum atomic E-state index is -2.60. The van der Waals surface area contributed by atoms with Crippen molar-refractivity contribution < 1.29 is 18.7 Å². The third-order valence-corrected chi connectivity index (χ3v) is 2.42.